The summed E-state index contributed by atoms with van der Waals surface area (Å²) in [4.78, 5) is 19.6. The number of aryl methyl sites for hydroxylation is 1. The first-order valence-corrected chi connectivity index (χ1v) is 13.6. The van der Waals surface area contributed by atoms with E-state index in [1.54, 1.807) is 0 Å². The van der Waals surface area contributed by atoms with E-state index in [0.29, 0.717) is 23.8 Å². The van der Waals surface area contributed by atoms with E-state index in [-0.39, 0.29) is 11.9 Å². The van der Waals surface area contributed by atoms with Crippen LogP contribution in [0.25, 0.3) is 0 Å². The van der Waals surface area contributed by atoms with Gasteiger partial charge in [-0.05, 0) is 48.6 Å². The lowest BCUT2D eigenvalue weighted by atomic mass is 10.0. The van der Waals surface area contributed by atoms with Crippen molar-refractivity contribution in [3.63, 3.8) is 0 Å². The van der Waals surface area contributed by atoms with Crippen LogP contribution >= 0.6 is 11.5 Å². The van der Waals surface area contributed by atoms with Crippen LogP contribution in [0.5, 0.6) is 10.9 Å². The van der Waals surface area contributed by atoms with Gasteiger partial charge in [0.15, 0.2) is 5.82 Å². The third-order valence-corrected chi connectivity index (χ3v) is 7.26. The number of aromatic nitrogens is 2. The molecule has 37 heavy (non-hydrogen) atoms. The molecule has 1 fully saturated rings. The SMILES string of the molecule is Cc1ccc(Cc2nsc(Oc3ccc(CC(=O)NC4CCN(Cc5ccccc5)CC4)cc3)n2)cc1. The van der Waals surface area contributed by atoms with Gasteiger partial charge in [-0.1, -0.05) is 72.3 Å². The van der Waals surface area contributed by atoms with Gasteiger partial charge < -0.3 is 10.1 Å². The number of carbonyl (C=O) groups excluding carboxylic acids is 1. The van der Waals surface area contributed by atoms with Crippen LogP contribution in [0.2, 0.25) is 0 Å². The topological polar surface area (TPSA) is 67.3 Å². The lowest BCUT2D eigenvalue weighted by molar-refractivity contribution is -0.121. The number of ether oxygens (including phenoxy) is 1. The minimum atomic E-state index is 0.0695. The van der Waals surface area contributed by atoms with Gasteiger partial charge in [-0.2, -0.15) is 9.36 Å². The molecule has 3 aromatic carbocycles. The third-order valence-electron chi connectivity index (χ3n) is 6.63. The highest BCUT2D eigenvalue weighted by Gasteiger charge is 2.20. The number of hydrogen-bond donors (Lipinski definition) is 1. The first kappa shape index (κ1) is 25.1. The Morgan fingerprint density at radius 3 is 2.38 bits per heavy atom. The summed E-state index contributed by atoms with van der Waals surface area (Å²) in [5.74, 6) is 1.51. The molecular weight excluding hydrogens is 480 g/mol. The Kier molecular flexibility index (Phi) is 8.23. The van der Waals surface area contributed by atoms with Crippen LogP contribution in [0.1, 0.15) is 40.9 Å². The molecular formula is C30H32N4O2S. The summed E-state index contributed by atoms with van der Waals surface area (Å²) in [6, 6.07) is 26.8. The molecule has 0 bridgehead atoms. The van der Waals surface area contributed by atoms with E-state index in [2.05, 4.69) is 75.0 Å². The van der Waals surface area contributed by atoms with Gasteiger partial charge >= 0.3 is 0 Å². The number of likely N-dealkylation sites (tertiary alicyclic amines) is 1. The van der Waals surface area contributed by atoms with Crippen molar-refractivity contribution in [1.29, 1.82) is 0 Å². The fourth-order valence-corrected chi connectivity index (χ4v) is 5.13. The minimum Gasteiger partial charge on any atom is -0.430 e. The third kappa shape index (κ3) is 7.47. The van der Waals surface area contributed by atoms with Gasteiger partial charge in [0.1, 0.15) is 5.75 Å². The summed E-state index contributed by atoms with van der Waals surface area (Å²) < 4.78 is 10.3. The van der Waals surface area contributed by atoms with E-state index in [4.69, 9.17) is 4.74 Å². The van der Waals surface area contributed by atoms with Crippen molar-refractivity contribution < 1.29 is 9.53 Å². The molecule has 1 N–H and O–H groups in total. The van der Waals surface area contributed by atoms with E-state index in [0.717, 1.165) is 43.9 Å². The van der Waals surface area contributed by atoms with Crippen LogP contribution in [0.3, 0.4) is 0 Å². The van der Waals surface area contributed by atoms with Crippen molar-refractivity contribution in [2.75, 3.05) is 13.1 Å². The Morgan fingerprint density at radius 1 is 0.946 bits per heavy atom. The molecule has 1 aromatic heterocycles. The summed E-state index contributed by atoms with van der Waals surface area (Å²) in [7, 11) is 0. The Labute approximate surface area is 222 Å². The lowest BCUT2D eigenvalue weighted by Crippen LogP contribution is -2.44. The molecule has 2 heterocycles. The molecule has 1 aliphatic rings. The molecule has 4 aromatic rings. The zero-order valence-corrected chi connectivity index (χ0v) is 21.9. The van der Waals surface area contributed by atoms with Crippen molar-refractivity contribution in [3.8, 4) is 10.9 Å². The van der Waals surface area contributed by atoms with Gasteiger partial charge in [-0.3, -0.25) is 9.69 Å². The second-order valence-corrected chi connectivity index (χ2v) is 10.4. The number of piperidine rings is 1. The minimum absolute atomic E-state index is 0.0695. The van der Waals surface area contributed by atoms with Crippen LogP contribution in [0, 0.1) is 6.92 Å². The Hall–Kier alpha value is -3.55. The standard InChI is InChI=1S/C30H32N4O2S/c1-22-7-9-23(10-8-22)19-28-32-30(37-33-28)36-27-13-11-24(12-14-27)20-29(35)31-26-15-17-34(18-16-26)21-25-5-3-2-4-6-25/h2-14,26H,15-21H2,1H3,(H,31,35). The number of carbonyl (C=O) groups is 1. The average Bonchev–Trinajstić information content (AvgIpc) is 3.35. The summed E-state index contributed by atoms with van der Waals surface area (Å²) in [6.07, 6.45) is 3.02. The summed E-state index contributed by atoms with van der Waals surface area (Å²) in [5, 5.41) is 3.74. The van der Waals surface area contributed by atoms with E-state index in [1.807, 2.05) is 30.3 Å². The smallest absolute Gasteiger partial charge is 0.298 e. The summed E-state index contributed by atoms with van der Waals surface area (Å²) in [6.45, 7) is 5.06. The Bertz CT molecular complexity index is 1280. The molecule has 1 saturated heterocycles. The molecule has 7 heteroatoms. The van der Waals surface area contributed by atoms with Gasteiger partial charge in [0, 0.05) is 43.6 Å². The Balaban J connectivity index is 1.05. The average molecular weight is 513 g/mol. The van der Waals surface area contributed by atoms with Crippen molar-refractivity contribution in [1.82, 2.24) is 19.6 Å². The van der Waals surface area contributed by atoms with Crippen LogP contribution in [-0.4, -0.2) is 39.3 Å². The van der Waals surface area contributed by atoms with Gasteiger partial charge in [-0.25, -0.2) is 0 Å². The van der Waals surface area contributed by atoms with Crippen molar-refractivity contribution in [2.45, 2.75) is 45.2 Å². The van der Waals surface area contributed by atoms with Gasteiger partial charge in [-0.15, -0.1) is 0 Å². The normalized spacial score (nSPS) is 14.4. The first-order valence-electron chi connectivity index (χ1n) is 12.8. The monoisotopic (exact) mass is 512 g/mol. The zero-order chi connectivity index (χ0) is 25.5. The molecule has 0 aliphatic carbocycles. The molecule has 1 amide bonds. The van der Waals surface area contributed by atoms with Gasteiger partial charge in [0.25, 0.3) is 5.19 Å². The number of rotatable bonds is 9. The second-order valence-electron chi connectivity index (χ2n) is 9.67. The zero-order valence-electron chi connectivity index (χ0n) is 21.1. The molecule has 5 rings (SSSR count). The molecule has 0 atom stereocenters. The maximum atomic E-state index is 12.6. The van der Waals surface area contributed by atoms with Crippen LogP contribution < -0.4 is 10.1 Å². The van der Waals surface area contributed by atoms with Crippen molar-refractivity contribution in [2.24, 2.45) is 0 Å². The predicted molar refractivity (Wildman–Crippen MR) is 147 cm³/mol. The van der Waals surface area contributed by atoms with Crippen LogP contribution in [0.4, 0.5) is 0 Å². The fourth-order valence-electron chi connectivity index (χ4n) is 4.56. The molecule has 0 spiro atoms. The maximum absolute atomic E-state index is 12.6. The highest BCUT2D eigenvalue weighted by Crippen LogP contribution is 2.24. The quantitative estimate of drug-likeness (QED) is 0.318. The maximum Gasteiger partial charge on any atom is 0.298 e. The van der Waals surface area contributed by atoms with E-state index < -0.39 is 0 Å². The highest BCUT2D eigenvalue weighted by atomic mass is 32.1. The van der Waals surface area contributed by atoms with Crippen LogP contribution in [0.15, 0.2) is 78.9 Å². The van der Waals surface area contributed by atoms with Gasteiger partial charge in [0.05, 0.1) is 6.42 Å². The molecule has 0 unspecified atom stereocenters. The van der Waals surface area contributed by atoms with E-state index in [9.17, 15) is 4.79 Å². The van der Waals surface area contributed by atoms with Crippen molar-refractivity contribution >= 4 is 17.4 Å². The molecule has 0 radical (unpaired) electrons. The first-order chi connectivity index (χ1) is 18.1. The number of nitrogens with zero attached hydrogens (tertiary/aromatic N) is 3. The molecule has 0 saturated carbocycles. The number of benzene rings is 3. The number of hydrogen-bond acceptors (Lipinski definition) is 6. The summed E-state index contributed by atoms with van der Waals surface area (Å²) >= 11 is 1.25. The molecule has 1 aliphatic heterocycles. The van der Waals surface area contributed by atoms with Crippen molar-refractivity contribution in [3.05, 3.63) is 107 Å². The fraction of sp³-hybridized carbons (Fsp3) is 0.300. The van der Waals surface area contributed by atoms with E-state index >= 15 is 0 Å². The second kappa shape index (κ2) is 12.1. The molecule has 6 nitrogen and oxygen atoms in total. The molecule has 190 valence electrons. The predicted octanol–water partition coefficient (Wildman–Crippen LogP) is 5.55. The van der Waals surface area contributed by atoms with Gasteiger partial charge in [0.2, 0.25) is 5.91 Å². The number of amides is 1. The van der Waals surface area contributed by atoms with E-state index in [1.165, 1.54) is 28.2 Å². The van der Waals surface area contributed by atoms with Crippen LogP contribution in [-0.2, 0) is 24.2 Å². The number of nitrogens with one attached hydrogen (secondary N) is 1. The largest absolute Gasteiger partial charge is 0.430 e. The lowest BCUT2D eigenvalue weighted by Gasteiger charge is -2.32. The Morgan fingerprint density at radius 2 is 1.65 bits per heavy atom. The summed E-state index contributed by atoms with van der Waals surface area (Å²) in [5.41, 5.74) is 4.71. The highest BCUT2D eigenvalue weighted by molar-refractivity contribution is 7.07.